The molecule has 0 radical (unpaired) electrons. The fourth-order valence-electron chi connectivity index (χ4n) is 2.51. The van der Waals surface area contributed by atoms with E-state index >= 15 is 0 Å². The Bertz CT molecular complexity index is 196. The molecule has 1 N–H and O–H groups in total. The molecule has 0 bridgehead atoms. The Balaban J connectivity index is 3.05. The van der Waals surface area contributed by atoms with Crippen LogP contribution >= 0.6 is 0 Å². The second kappa shape index (κ2) is 16.8. The van der Waals surface area contributed by atoms with Gasteiger partial charge in [-0.3, -0.25) is 0 Å². The number of hydrogen-bond acceptors (Lipinski definition) is 1. The monoisotopic (exact) mass is 282 g/mol. The lowest BCUT2D eigenvalue weighted by Gasteiger charge is -2.03. The highest BCUT2D eigenvalue weighted by Gasteiger charge is 1.95. The minimum atomic E-state index is -0.111. The molecule has 20 heavy (non-hydrogen) atoms. The Morgan fingerprint density at radius 3 is 1.65 bits per heavy atom. The first-order valence-corrected chi connectivity index (χ1v) is 9.10. The number of rotatable bonds is 15. The summed E-state index contributed by atoms with van der Waals surface area (Å²) in [6, 6.07) is 0. The zero-order chi connectivity index (χ0) is 14.9. The minimum absolute atomic E-state index is 0.111. The minimum Gasteiger partial charge on any atom is -0.393 e. The van der Waals surface area contributed by atoms with Crippen LogP contribution in [0.4, 0.5) is 0 Å². The molecule has 0 aromatic heterocycles. The van der Waals surface area contributed by atoms with Gasteiger partial charge in [0, 0.05) is 0 Å². The maximum atomic E-state index is 9.15. The quantitative estimate of drug-likeness (QED) is 0.272. The molecule has 0 aliphatic carbocycles. The summed E-state index contributed by atoms with van der Waals surface area (Å²) in [5.74, 6) is 0. The van der Waals surface area contributed by atoms with E-state index in [2.05, 4.69) is 19.1 Å². The van der Waals surface area contributed by atoms with Crippen molar-refractivity contribution in [3.05, 3.63) is 12.2 Å². The van der Waals surface area contributed by atoms with Crippen LogP contribution in [0, 0.1) is 0 Å². The van der Waals surface area contributed by atoms with Crippen LogP contribution < -0.4 is 0 Å². The molecule has 0 aromatic carbocycles. The van der Waals surface area contributed by atoms with E-state index in [4.69, 9.17) is 5.11 Å². The van der Waals surface area contributed by atoms with Crippen LogP contribution in [-0.2, 0) is 0 Å². The Morgan fingerprint density at radius 1 is 0.700 bits per heavy atom. The van der Waals surface area contributed by atoms with Gasteiger partial charge in [-0.05, 0) is 39.0 Å². The van der Waals surface area contributed by atoms with E-state index in [0.29, 0.717) is 0 Å². The lowest BCUT2D eigenvalue weighted by Crippen LogP contribution is -1.98. The highest BCUT2D eigenvalue weighted by molar-refractivity contribution is 4.81. The fraction of sp³-hybridized carbons (Fsp3) is 0.895. The van der Waals surface area contributed by atoms with Crippen molar-refractivity contribution in [2.45, 2.75) is 110 Å². The first kappa shape index (κ1) is 19.7. The van der Waals surface area contributed by atoms with E-state index in [1.54, 1.807) is 0 Å². The third-order valence-electron chi connectivity index (χ3n) is 3.88. The van der Waals surface area contributed by atoms with Crippen LogP contribution in [0.1, 0.15) is 104 Å². The molecule has 1 atom stereocenters. The Hall–Kier alpha value is -0.300. The number of hydrogen-bond donors (Lipinski definition) is 1. The smallest absolute Gasteiger partial charge is 0.0512 e. The molecule has 1 heteroatoms. The predicted octanol–water partition coefficient (Wildman–Crippen LogP) is 6.40. The Morgan fingerprint density at radius 2 is 1.15 bits per heavy atom. The zero-order valence-corrected chi connectivity index (χ0v) is 14.1. The van der Waals surface area contributed by atoms with Gasteiger partial charge in [-0.15, -0.1) is 0 Å². The Labute approximate surface area is 127 Å². The molecule has 0 amide bonds. The van der Waals surface area contributed by atoms with Crippen molar-refractivity contribution < 1.29 is 5.11 Å². The summed E-state index contributed by atoms with van der Waals surface area (Å²) in [6.07, 6.45) is 23.0. The van der Waals surface area contributed by atoms with E-state index in [1.165, 1.54) is 83.5 Å². The SMILES string of the molecule is CCCCCCCC/C=C\CCCCCCCC(C)O. The van der Waals surface area contributed by atoms with Crippen LogP contribution in [0.2, 0.25) is 0 Å². The highest BCUT2D eigenvalue weighted by atomic mass is 16.3. The summed E-state index contributed by atoms with van der Waals surface area (Å²) in [4.78, 5) is 0. The molecule has 0 heterocycles. The summed E-state index contributed by atoms with van der Waals surface area (Å²) in [6.45, 7) is 4.16. The van der Waals surface area contributed by atoms with Gasteiger partial charge in [0.05, 0.1) is 6.10 Å². The van der Waals surface area contributed by atoms with Gasteiger partial charge in [0.15, 0.2) is 0 Å². The maximum absolute atomic E-state index is 9.15. The van der Waals surface area contributed by atoms with Gasteiger partial charge in [0.2, 0.25) is 0 Å². The van der Waals surface area contributed by atoms with Gasteiger partial charge in [0.25, 0.3) is 0 Å². The maximum Gasteiger partial charge on any atom is 0.0512 e. The molecular weight excluding hydrogens is 244 g/mol. The van der Waals surface area contributed by atoms with Crippen molar-refractivity contribution in [1.29, 1.82) is 0 Å². The molecule has 1 unspecified atom stereocenters. The van der Waals surface area contributed by atoms with Gasteiger partial charge in [0.1, 0.15) is 0 Å². The highest BCUT2D eigenvalue weighted by Crippen LogP contribution is 2.10. The average molecular weight is 283 g/mol. The normalized spacial score (nSPS) is 13.2. The molecule has 120 valence electrons. The Kier molecular flexibility index (Phi) is 16.5. The molecule has 0 aliphatic rings. The van der Waals surface area contributed by atoms with Crippen LogP contribution in [0.5, 0.6) is 0 Å². The lowest BCUT2D eigenvalue weighted by molar-refractivity contribution is 0.180. The number of unbranched alkanes of at least 4 members (excludes halogenated alkanes) is 11. The average Bonchev–Trinajstić information content (AvgIpc) is 2.43. The van der Waals surface area contributed by atoms with Crippen LogP contribution in [0.15, 0.2) is 12.2 Å². The topological polar surface area (TPSA) is 20.2 Å². The summed E-state index contributed by atoms with van der Waals surface area (Å²) in [5, 5.41) is 9.15. The number of aliphatic hydroxyl groups excluding tert-OH is 1. The lowest BCUT2D eigenvalue weighted by atomic mass is 10.1. The van der Waals surface area contributed by atoms with Crippen molar-refractivity contribution in [1.82, 2.24) is 0 Å². The van der Waals surface area contributed by atoms with Gasteiger partial charge < -0.3 is 5.11 Å². The summed E-state index contributed by atoms with van der Waals surface area (Å²) < 4.78 is 0. The second-order valence-electron chi connectivity index (χ2n) is 6.22. The molecule has 1 nitrogen and oxygen atoms in total. The number of allylic oxidation sites excluding steroid dienone is 2. The molecule has 0 saturated heterocycles. The van der Waals surface area contributed by atoms with E-state index < -0.39 is 0 Å². The molecular formula is C19H38O. The standard InChI is InChI=1S/C19H38O/c1-3-4-5-6-7-8-9-10-11-12-13-14-15-16-17-18-19(2)20/h10-11,19-20H,3-9,12-18H2,1-2H3/b11-10-. The largest absolute Gasteiger partial charge is 0.393 e. The van der Waals surface area contributed by atoms with E-state index in [1.807, 2.05) is 6.92 Å². The van der Waals surface area contributed by atoms with E-state index in [0.717, 1.165) is 6.42 Å². The van der Waals surface area contributed by atoms with Crippen LogP contribution in [-0.4, -0.2) is 11.2 Å². The van der Waals surface area contributed by atoms with Crippen molar-refractivity contribution in [3.8, 4) is 0 Å². The molecule has 0 fully saturated rings. The first-order valence-electron chi connectivity index (χ1n) is 9.10. The fourth-order valence-corrected chi connectivity index (χ4v) is 2.51. The summed E-state index contributed by atoms with van der Waals surface area (Å²) in [5.41, 5.74) is 0. The third-order valence-corrected chi connectivity index (χ3v) is 3.88. The van der Waals surface area contributed by atoms with Crippen molar-refractivity contribution in [3.63, 3.8) is 0 Å². The van der Waals surface area contributed by atoms with Gasteiger partial charge in [-0.1, -0.05) is 76.9 Å². The molecule has 0 spiro atoms. The predicted molar refractivity (Wildman–Crippen MR) is 91.1 cm³/mol. The van der Waals surface area contributed by atoms with Crippen molar-refractivity contribution in [2.75, 3.05) is 0 Å². The second-order valence-corrected chi connectivity index (χ2v) is 6.22. The van der Waals surface area contributed by atoms with E-state index in [9.17, 15) is 0 Å². The summed E-state index contributed by atoms with van der Waals surface area (Å²) >= 11 is 0. The van der Waals surface area contributed by atoms with Crippen LogP contribution in [0.25, 0.3) is 0 Å². The van der Waals surface area contributed by atoms with Crippen molar-refractivity contribution in [2.24, 2.45) is 0 Å². The van der Waals surface area contributed by atoms with Crippen molar-refractivity contribution >= 4 is 0 Å². The van der Waals surface area contributed by atoms with Gasteiger partial charge in [-0.25, -0.2) is 0 Å². The zero-order valence-electron chi connectivity index (χ0n) is 14.1. The van der Waals surface area contributed by atoms with Gasteiger partial charge in [-0.2, -0.15) is 0 Å². The molecule has 0 aliphatic heterocycles. The third kappa shape index (κ3) is 17.7. The molecule has 0 rings (SSSR count). The molecule has 0 saturated carbocycles. The van der Waals surface area contributed by atoms with Crippen LogP contribution in [0.3, 0.4) is 0 Å². The first-order chi connectivity index (χ1) is 9.77. The summed E-state index contributed by atoms with van der Waals surface area (Å²) in [7, 11) is 0. The molecule has 0 aromatic rings. The van der Waals surface area contributed by atoms with E-state index in [-0.39, 0.29) is 6.10 Å². The van der Waals surface area contributed by atoms with Gasteiger partial charge >= 0.3 is 0 Å². The number of aliphatic hydroxyl groups is 1.